The average molecular weight is 285 g/mol. The van der Waals surface area contributed by atoms with Gasteiger partial charge in [0.05, 0.1) is 16.8 Å². The molecule has 1 aliphatic carbocycles. The number of hydrogen-bond donors (Lipinski definition) is 3. The standard InChI is InChI=1S/C17H23N3O/c1-12-4-2-8-17(21,10-12)11-20-15-7-6-14(18)16-13(15)5-3-9-19-16/h3,5-7,9,12,20-21H,2,4,8,10-11,18H2,1H3. The lowest BCUT2D eigenvalue weighted by Crippen LogP contribution is -2.41. The van der Waals surface area contributed by atoms with Gasteiger partial charge in [-0.1, -0.05) is 19.8 Å². The van der Waals surface area contributed by atoms with E-state index in [4.69, 9.17) is 5.73 Å². The van der Waals surface area contributed by atoms with Gasteiger partial charge in [-0.05, 0) is 43.0 Å². The lowest BCUT2D eigenvalue weighted by molar-refractivity contribution is -0.000737. The lowest BCUT2D eigenvalue weighted by atomic mass is 9.79. The molecule has 0 aliphatic heterocycles. The molecule has 1 fully saturated rings. The number of pyridine rings is 1. The van der Waals surface area contributed by atoms with E-state index in [1.807, 2.05) is 24.3 Å². The van der Waals surface area contributed by atoms with E-state index in [0.717, 1.165) is 35.9 Å². The summed E-state index contributed by atoms with van der Waals surface area (Å²) in [6, 6.07) is 7.75. The van der Waals surface area contributed by atoms with Gasteiger partial charge in [-0.2, -0.15) is 0 Å². The summed E-state index contributed by atoms with van der Waals surface area (Å²) in [6.45, 7) is 2.79. The van der Waals surface area contributed by atoms with Crippen LogP contribution >= 0.6 is 0 Å². The Morgan fingerprint density at radius 3 is 3.10 bits per heavy atom. The van der Waals surface area contributed by atoms with Gasteiger partial charge in [0.2, 0.25) is 0 Å². The van der Waals surface area contributed by atoms with Crippen molar-refractivity contribution in [1.82, 2.24) is 4.98 Å². The van der Waals surface area contributed by atoms with E-state index in [-0.39, 0.29) is 0 Å². The highest BCUT2D eigenvalue weighted by Crippen LogP contribution is 2.33. The maximum absolute atomic E-state index is 10.7. The molecule has 1 heterocycles. The van der Waals surface area contributed by atoms with Gasteiger partial charge >= 0.3 is 0 Å². The summed E-state index contributed by atoms with van der Waals surface area (Å²) >= 11 is 0. The van der Waals surface area contributed by atoms with E-state index in [1.165, 1.54) is 6.42 Å². The van der Waals surface area contributed by atoms with Crippen LogP contribution in [0, 0.1) is 5.92 Å². The number of nitrogens with one attached hydrogen (secondary N) is 1. The number of benzene rings is 1. The van der Waals surface area contributed by atoms with Gasteiger partial charge in [0.15, 0.2) is 0 Å². The summed E-state index contributed by atoms with van der Waals surface area (Å²) in [7, 11) is 0. The molecule has 0 spiro atoms. The van der Waals surface area contributed by atoms with Crippen molar-refractivity contribution in [3.63, 3.8) is 0 Å². The van der Waals surface area contributed by atoms with Crippen molar-refractivity contribution < 1.29 is 5.11 Å². The first kappa shape index (κ1) is 14.1. The topological polar surface area (TPSA) is 71.2 Å². The van der Waals surface area contributed by atoms with Crippen LogP contribution in [0.2, 0.25) is 0 Å². The number of aromatic nitrogens is 1. The number of aliphatic hydroxyl groups is 1. The number of fused-ring (bicyclic) bond motifs is 1. The monoisotopic (exact) mass is 285 g/mol. The first-order valence-corrected chi connectivity index (χ1v) is 7.67. The summed E-state index contributed by atoms with van der Waals surface area (Å²) in [5.74, 6) is 0.593. The van der Waals surface area contributed by atoms with Crippen LogP contribution in [0.1, 0.15) is 32.6 Å². The summed E-state index contributed by atoms with van der Waals surface area (Å²) in [6.07, 6.45) is 5.81. The fourth-order valence-electron chi connectivity index (χ4n) is 3.40. The molecule has 0 bridgehead atoms. The largest absolute Gasteiger partial charge is 0.397 e. The summed E-state index contributed by atoms with van der Waals surface area (Å²) in [4.78, 5) is 4.34. The number of nitrogens with zero attached hydrogens (tertiary/aromatic N) is 1. The van der Waals surface area contributed by atoms with E-state index < -0.39 is 5.60 Å². The predicted molar refractivity (Wildman–Crippen MR) is 87.2 cm³/mol. The van der Waals surface area contributed by atoms with Crippen molar-refractivity contribution >= 4 is 22.3 Å². The van der Waals surface area contributed by atoms with Crippen molar-refractivity contribution in [3.8, 4) is 0 Å². The van der Waals surface area contributed by atoms with Crippen LogP contribution in [0.4, 0.5) is 11.4 Å². The molecule has 1 saturated carbocycles. The van der Waals surface area contributed by atoms with Gasteiger partial charge < -0.3 is 16.2 Å². The Kier molecular flexibility index (Phi) is 3.72. The van der Waals surface area contributed by atoms with E-state index >= 15 is 0 Å². The minimum absolute atomic E-state index is 0.575. The van der Waals surface area contributed by atoms with E-state index in [0.29, 0.717) is 18.2 Å². The Hall–Kier alpha value is -1.81. The fourth-order valence-corrected chi connectivity index (χ4v) is 3.40. The Morgan fingerprint density at radius 2 is 2.29 bits per heavy atom. The van der Waals surface area contributed by atoms with Crippen LogP contribution in [-0.4, -0.2) is 22.2 Å². The minimum Gasteiger partial charge on any atom is -0.397 e. The molecular weight excluding hydrogens is 262 g/mol. The summed E-state index contributed by atoms with van der Waals surface area (Å²) in [5.41, 5.74) is 7.84. The van der Waals surface area contributed by atoms with Crippen molar-refractivity contribution in [1.29, 1.82) is 0 Å². The Bertz CT molecular complexity index is 643. The number of nitrogens with two attached hydrogens (primary N) is 1. The third kappa shape index (κ3) is 2.95. The van der Waals surface area contributed by atoms with Gasteiger partial charge in [-0.3, -0.25) is 4.98 Å². The molecule has 0 radical (unpaired) electrons. The number of hydrogen-bond acceptors (Lipinski definition) is 4. The van der Waals surface area contributed by atoms with Gasteiger partial charge in [-0.15, -0.1) is 0 Å². The molecule has 112 valence electrons. The third-order valence-corrected chi connectivity index (χ3v) is 4.48. The molecular formula is C17H23N3O. The molecule has 1 aliphatic rings. The Balaban J connectivity index is 1.81. The molecule has 21 heavy (non-hydrogen) atoms. The molecule has 3 rings (SSSR count). The highest BCUT2D eigenvalue weighted by atomic mass is 16.3. The van der Waals surface area contributed by atoms with E-state index in [9.17, 15) is 5.11 Å². The molecule has 2 aromatic rings. The van der Waals surface area contributed by atoms with Gasteiger partial charge in [0.1, 0.15) is 0 Å². The maximum Gasteiger partial charge on any atom is 0.0951 e. The molecule has 4 heteroatoms. The Morgan fingerprint density at radius 1 is 1.43 bits per heavy atom. The highest BCUT2D eigenvalue weighted by Gasteiger charge is 2.32. The van der Waals surface area contributed by atoms with Crippen LogP contribution in [0.3, 0.4) is 0 Å². The SMILES string of the molecule is CC1CCCC(O)(CNc2ccc(N)c3ncccc23)C1. The zero-order valence-electron chi connectivity index (χ0n) is 12.5. The highest BCUT2D eigenvalue weighted by molar-refractivity contribution is 5.98. The van der Waals surface area contributed by atoms with Crippen LogP contribution < -0.4 is 11.1 Å². The third-order valence-electron chi connectivity index (χ3n) is 4.48. The molecule has 2 atom stereocenters. The molecule has 4 N–H and O–H groups in total. The zero-order chi connectivity index (χ0) is 14.9. The number of anilines is 2. The minimum atomic E-state index is -0.604. The second kappa shape index (κ2) is 5.53. The first-order valence-electron chi connectivity index (χ1n) is 7.67. The van der Waals surface area contributed by atoms with Gasteiger partial charge in [0, 0.05) is 23.8 Å². The lowest BCUT2D eigenvalue weighted by Gasteiger charge is -2.36. The molecule has 0 amide bonds. The molecule has 1 aromatic heterocycles. The quantitative estimate of drug-likeness (QED) is 0.757. The smallest absolute Gasteiger partial charge is 0.0951 e. The first-order chi connectivity index (χ1) is 10.1. The van der Waals surface area contributed by atoms with Crippen LogP contribution in [0.15, 0.2) is 30.5 Å². The molecule has 4 nitrogen and oxygen atoms in total. The van der Waals surface area contributed by atoms with E-state index in [2.05, 4.69) is 17.2 Å². The van der Waals surface area contributed by atoms with E-state index in [1.54, 1.807) is 6.20 Å². The van der Waals surface area contributed by atoms with Crippen LogP contribution in [-0.2, 0) is 0 Å². The van der Waals surface area contributed by atoms with Crippen molar-refractivity contribution in [3.05, 3.63) is 30.5 Å². The fraction of sp³-hybridized carbons (Fsp3) is 0.471. The molecule has 0 saturated heterocycles. The van der Waals surface area contributed by atoms with Gasteiger partial charge in [0.25, 0.3) is 0 Å². The van der Waals surface area contributed by atoms with Gasteiger partial charge in [-0.25, -0.2) is 0 Å². The predicted octanol–water partition coefficient (Wildman–Crippen LogP) is 3.17. The summed E-state index contributed by atoms with van der Waals surface area (Å²) < 4.78 is 0. The number of rotatable bonds is 3. The molecule has 1 aromatic carbocycles. The Labute approximate surface area is 125 Å². The van der Waals surface area contributed by atoms with Crippen molar-refractivity contribution in [2.24, 2.45) is 5.92 Å². The zero-order valence-corrected chi connectivity index (χ0v) is 12.5. The summed E-state index contributed by atoms with van der Waals surface area (Å²) in [5, 5.41) is 15.1. The van der Waals surface area contributed by atoms with Crippen LogP contribution in [0.25, 0.3) is 10.9 Å². The average Bonchev–Trinajstić information content (AvgIpc) is 2.47. The maximum atomic E-state index is 10.7. The van der Waals surface area contributed by atoms with Crippen molar-refractivity contribution in [2.45, 2.75) is 38.2 Å². The normalized spacial score (nSPS) is 25.9. The molecule has 2 unspecified atom stereocenters. The second-order valence-corrected chi connectivity index (χ2v) is 6.38. The van der Waals surface area contributed by atoms with Crippen LogP contribution in [0.5, 0.6) is 0 Å². The second-order valence-electron chi connectivity index (χ2n) is 6.38. The van der Waals surface area contributed by atoms with Crippen molar-refractivity contribution in [2.75, 3.05) is 17.6 Å². The number of nitrogen functional groups attached to an aromatic ring is 1.